The molecule has 54 valence electrons. The molecule has 4 nitrogen and oxygen atoms in total. The Labute approximate surface area is 62.1 Å². The Balaban J connectivity index is 2.44. The maximum atomic E-state index is 10.5. The second-order valence-corrected chi connectivity index (χ2v) is 2.82. The molecule has 10 heavy (non-hydrogen) atoms. The highest BCUT2D eigenvalue weighted by molar-refractivity contribution is 8.26. The molecule has 1 rings (SSSR count). The summed E-state index contributed by atoms with van der Waals surface area (Å²) in [7, 11) is 0. The molecule has 5 heteroatoms. The van der Waals surface area contributed by atoms with Gasteiger partial charge in [0.25, 0.3) is 0 Å². The summed E-state index contributed by atoms with van der Waals surface area (Å²) in [5.74, 6) is -0.194. The maximum Gasteiger partial charge on any atom is 0.222 e. The van der Waals surface area contributed by atoms with Gasteiger partial charge in [-0.3, -0.25) is 14.6 Å². The molecule has 0 radical (unpaired) electrons. The van der Waals surface area contributed by atoms with Crippen molar-refractivity contribution in [3.05, 3.63) is 0 Å². The van der Waals surface area contributed by atoms with Crippen LogP contribution in [-0.4, -0.2) is 22.7 Å². The van der Waals surface area contributed by atoms with Gasteiger partial charge in [-0.05, 0) is 11.8 Å². The second-order valence-electron chi connectivity index (χ2n) is 1.78. The smallest absolute Gasteiger partial charge is 0.222 e. The molecule has 0 aliphatic carbocycles. The van der Waals surface area contributed by atoms with Crippen LogP contribution in [-0.2, 0) is 9.59 Å². The lowest BCUT2D eigenvalue weighted by atomic mass is 10.7. The molecule has 0 saturated carbocycles. The van der Waals surface area contributed by atoms with Crippen LogP contribution in [0.2, 0.25) is 0 Å². The SMILES string of the molecule is CC(=O)NC1=NCC(=O)S1. The zero-order valence-corrected chi connectivity index (χ0v) is 6.20. The Morgan fingerprint density at radius 2 is 2.50 bits per heavy atom. The quantitative estimate of drug-likeness (QED) is 0.529. The van der Waals surface area contributed by atoms with Crippen molar-refractivity contribution >= 4 is 28.0 Å². The van der Waals surface area contributed by atoms with Crippen LogP contribution in [0.15, 0.2) is 4.99 Å². The van der Waals surface area contributed by atoms with Gasteiger partial charge in [-0.2, -0.15) is 0 Å². The summed E-state index contributed by atoms with van der Waals surface area (Å²) < 4.78 is 0. The predicted octanol–water partition coefficient (Wildman–Crippen LogP) is -0.248. The summed E-state index contributed by atoms with van der Waals surface area (Å²) in [5, 5.41) is 2.82. The van der Waals surface area contributed by atoms with Gasteiger partial charge in [-0.15, -0.1) is 0 Å². The summed E-state index contributed by atoms with van der Waals surface area (Å²) in [4.78, 5) is 24.7. The summed E-state index contributed by atoms with van der Waals surface area (Å²) in [5.41, 5.74) is 0. The van der Waals surface area contributed by atoms with E-state index in [1.54, 1.807) is 0 Å². The van der Waals surface area contributed by atoms with Crippen molar-refractivity contribution in [1.29, 1.82) is 0 Å². The molecular weight excluding hydrogens is 152 g/mol. The number of hydrogen-bond acceptors (Lipinski definition) is 4. The van der Waals surface area contributed by atoms with Crippen molar-refractivity contribution in [2.75, 3.05) is 6.54 Å². The van der Waals surface area contributed by atoms with E-state index in [0.29, 0.717) is 5.17 Å². The van der Waals surface area contributed by atoms with Crippen LogP contribution in [0.5, 0.6) is 0 Å². The first kappa shape index (κ1) is 7.27. The van der Waals surface area contributed by atoms with Gasteiger partial charge in [0.1, 0.15) is 6.54 Å². The van der Waals surface area contributed by atoms with Crippen LogP contribution in [0.1, 0.15) is 6.92 Å². The predicted molar refractivity (Wildman–Crippen MR) is 38.7 cm³/mol. The van der Waals surface area contributed by atoms with Crippen molar-refractivity contribution in [2.24, 2.45) is 4.99 Å². The van der Waals surface area contributed by atoms with E-state index >= 15 is 0 Å². The minimum atomic E-state index is -0.194. The third-order valence-electron chi connectivity index (χ3n) is 0.845. The van der Waals surface area contributed by atoms with E-state index in [1.165, 1.54) is 6.92 Å². The van der Waals surface area contributed by atoms with Crippen LogP contribution in [0.3, 0.4) is 0 Å². The lowest BCUT2D eigenvalue weighted by Crippen LogP contribution is -2.24. The third kappa shape index (κ3) is 1.84. The van der Waals surface area contributed by atoms with Crippen LogP contribution in [0, 0.1) is 0 Å². The summed E-state index contributed by atoms with van der Waals surface area (Å²) >= 11 is 0.973. The molecule has 0 bridgehead atoms. The van der Waals surface area contributed by atoms with Crippen molar-refractivity contribution in [3.63, 3.8) is 0 Å². The van der Waals surface area contributed by atoms with Gasteiger partial charge in [0.05, 0.1) is 0 Å². The number of amidine groups is 1. The average Bonchev–Trinajstić information content (AvgIpc) is 2.13. The fraction of sp³-hybridized carbons (Fsp3) is 0.400. The largest absolute Gasteiger partial charge is 0.305 e. The van der Waals surface area contributed by atoms with E-state index in [-0.39, 0.29) is 17.6 Å². The lowest BCUT2D eigenvalue weighted by molar-refractivity contribution is -0.117. The number of nitrogens with zero attached hydrogens (tertiary/aromatic N) is 1. The number of thioether (sulfide) groups is 1. The molecule has 1 amide bonds. The van der Waals surface area contributed by atoms with E-state index < -0.39 is 0 Å². The Hall–Kier alpha value is -0.840. The number of carbonyl (C=O) groups is 2. The standard InChI is InChI=1S/C5H6N2O2S/c1-3(8)7-5-6-2-4(9)10-5/h2H2,1H3,(H,6,7,8). The van der Waals surface area contributed by atoms with Crippen molar-refractivity contribution in [3.8, 4) is 0 Å². The third-order valence-corrected chi connectivity index (χ3v) is 1.63. The molecule has 1 N–H and O–H groups in total. The minimum Gasteiger partial charge on any atom is -0.305 e. The van der Waals surface area contributed by atoms with Crippen molar-refractivity contribution in [2.45, 2.75) is 6.92 Å². The molecule has 1 aliphatic heterocycles. The molecule has 0 aromatic rings. The second kappa shape index (κ2) is 2.83. The van der Waals surface area contributed by atoms with E-state index in [4.69, 9.17) is 0 Å². The molecule has 0 spiro atoms. The highest BCUT2D eigenvalue weighted by atomic mass is 32.2. The Kier molecular flexibility index (Phi) is 2.06. The van der Waals surface area contributed by atoms with Gasteiger partial charge in [0, 0.05) is 6.92 Å². The van der Waals surface area contributed by atoms with Crippen LogP contribution in [0.4, 0.5) is 0 Å². The molecule has 1 heterocycles. The molecule has 0 aromatic carbocycles. The Bertz CT molecular complexity index is 212. The molecule has 0 atom stereocenters. The molecule has 0 saturated heterocycles. The van der Waals surface area contributed by atoms with Gasteiger partial charge in [0.15, 0.2) is 5.17 Å². The van der Waals surface area contributed by atoms with Crippen LogP contribution < -0.4 is 5.32 Å². The normalized spacial score (nSPS) is 16.9. The fourth-order valence-electron chi connectivity index (χ4n) is 0.524. The monoisotopic (exact) mass is 158 g/mol. The summed E-state index contributed by atoms with van der Waals surface area (Å²) in [6.45, 7) is 1.56. The first-order valence-electron chi connectivity index (χ1n) is 2.71. The molecule has 1 aliphatic rings. The van der Waals surface area contributed by atoms with Gasteiger partial charge >= 0.3 is 0 Å². The van der Waals surface area contributed by atoms with Gasteiger partial charge < -0.3 is 5.32 Å². The number of nitrogens with one attached hydrogen (secondary N) is 1. The molecule has 0 fully saturated rings. The molecule has 0 aromatic heterocycles. The van der Waals surface area contributed by atoms with E-state index in [9.17, 15) is 9.59 Å². The van der Waals surface area contributed by atoms with E-state index in [2.05, 4.69) is 10.3 Å². The minimum absolute atomic E-state index is 0.0243. The lowest BCUT2D eigenvalue weighted by Gasteiger charge is -1.94. The Morgan fingerprint density at radius 3 is 2.90 bits per heavy atom. The van der Waals surface area contributed by atoms with E-state index in [1.807, 2.05) is 0 Å². The topological polar surface area (TPSA) is 58.5 Å². The highest BCUT2D eigenvalue weighted by Gasteiger charge is 2.15. The van der Waals surface area contributed by atoms with Crippen molar-refractivity contribution in [1.82, 2.24) is 5.32 Å². The zero-order chi connectivity index (χ0) is 7.56. The van der Waals surface area contributed by atoms with Crippen molar-refractivity contribution < 1.29 is 9.59 Å². The first-order valence-corrected chi connectivity index (χ1v) is 3.53. The van der Waals surface area contributed by atoms with Crippen LogP contribution >= 0.6 is 11.8 Å². The zero-order valence-electron chi connectivity index (χ0n) is 5.38. The maximum absolute atomic E-state index is 10.5. The molecule has 0 unspecified atom stereocenters. The summed E-state index contributed by atoms with van der Waals surface area (Å²) in [6.07, 6.45) is 0. The summed E-state index contributed by atoms with van der Waals surface area (Å²) in [6, 6.07) is 0. The fourth-order valence-corrected chi connectivity index (χ4v) is 1.19. The number of carbonyl (C=O) groups excluding carboxylic acids is 2. The average molecular weight is 158 g/mol. The highest BCUT2D eigenvalue weighted by Crippen LogP contribution is 2.10. The number of aliphatic imine (C=N–C) groups is 1. The number of hydrogen-bond donors (Lipinski definition) is 1. The van der Waals surface area contributed by atoms with E-state index in [0.717, 1.165) is 11.8 Å². The number of amides is 1. The first-order chi connectivity index (χ1) is 4.68. The Morgan fingerprint density at radius 1 is 1.80 bits per heavy atom. The van der Waals surface area contributed by atoms with Gasteiger partial charge in [-0.1, -0.05) is 0 Å². The van der Waals surface area contributed by atoms with Gasteiger partial charge in [0.2, 0.25) is 11.0 Å². The van der Waals surface area contributed by atoms with Crippen LogP contribution in [0.25, 0.3) is 0 Å². The molecular formula is C5H6N2O2S. The van der Waals surface area contributed by atoms with Gasteiger partial charge in [-0.25, -0.2) is 0 Å². The number of rotatable bonds is 0.